The van der Waals surface area contributed by atoms with Gasteiger partial charge in [-0.15, -0.1) is 0 Å². The van der Waals surface area contributed by atoms with Gasteiger partial charge >= 0.3 is 0 Å². The Labute approximate surface area is 157 Å². The van der Waals surface area contributed by atoms with Gasteiger partial charge in [0.2, 0.25) is 10.0 Å². The highest BCUT2D eigenvalue weighted by molar-refractivity contribution is 7.99. The number of fused-ring (bicyclic) bond motifs is 1. The number of imidazole rings is 1. The average molecular weight is 392 g/mol. The first-order valence-electron chi connectivity index (χ1n) is 8.20. The van der Waals surface area contributed by atoms with Gasteiger partial charge in [0.1, 0.15) is 5.75 Å². The van der Waals surface area contributed by atoms with Gasteiger partial charge in [-0.3, -0.25) is 4.57 Å². The van der Waals surface area contributed by atoms with E-state index in [1.54, 1.807) is 18.9 Å². The van der Waals surface area contributed by atoms with Crippen molar-refractivity contribution in [2.45, 2.75) is 11.6 Å². The zero-order valence-electron chi connectivity index (χ0n) is 14.7. The lowest BCUT2D eigenvalue weighted by molar-refractivity contribution is 0.414. The molecule has 0 amide bonds. The second-order valence-corrected chi connectivity index (χ2v) is 8.75. The summed E-state index contributed by atoms with van der Waals surface area (Å²) in [6.07, 6.45) is 0.555. The number of para-hydroxylation sites is 2. The molecule has 0 bridgehead atoms. The molecule has 2 aromatic carbocycles. The summed E-state index contributed by atoms with van der Waals surface area (Å²) in [5.41, 5.74) is 2.92. The summed E-state index contributed by atoms with van der Waals surface area (Å²) in [4.78, 5) is 4.72. The third-order valence-corrected chi connectivity index (χ3v) is 6.43. The molecule has 0 radical (unpaired) electrons. The first-order chi connectivity index (χ1) is 12.5. The van der Waals surface area contributed by atoms with Gasteiger partial charge in [-0.1, -0.05) is 23.9 Å². The highest BCUT2D eigenvalue weighted by atomic mass is 32.2. The monoisotopic (exact) mass is 391 g/mol. The Morgan fingerprint density at radius 1 is 1.15 bits per heavy atom. The summed E-state index contributed by atoms with van der Waals surface area (Å²) in [6, 6.07) is 15.8. The van der Waals surface area contributed by atoms with E-state index in [2.05, 4.69) is 9.29 Å². The number of rotatable bonds is 8. The Balaban J connectivity index is 1.87. The fraction of sp³-hybridized carbons (Fsp3) is 0.278. The van der Waals surface area contributed by atoms with Crippen molar-refractivity contribution < 1.29 is 13.2 Å². The van der Waals surface area contributed by atoms with Gasteiger partial charge < -0.3 is 4.74 Å². The lowest BCUT2D eigenvalue weighted by atomic mass is 10.2. The van der Waals surface area contributed by atoms with E-state index in [1.807, 2.05) is 48.5 Å². The fourth-order valence-electron chi connectivity index (χ4n) is 2.60. The summed E-state index contributed by atoms with van der Waals surface area (Å²) >= 11 is 1.56. The van der Waals surface area contributed by atoms with Gasteiger partial charge in [0, 0.05) is 11.4 Å². The number of benzene rings is 2. The van der Waals surface area contributed by atoms with Crippen LogP contribution < -0.4 is 9.46 Å². The Morgan fingerprint density at radius 2 is 1.88 bits per heavy atom. The maximum Gasteiger partial charge on any atom is 0.211 e. The molecule has 3 aromatic rings. The van der Waals surface area contributed by atoms with E-state index in [0.717, 1.165) is 27.6 Å². The van der Waals surface area contributed by atoms with Crippen LogP contribution in [0.4, 0.5) is 0 Å². The molecule has 0 aliphatic heterocycles. The number of sulfonamides is 1. The third-order valence-electron chi connectivity index (χ3n) is 3.96. The molecule has 0 saturated heterocycles. The normalized spacial score (nSPS) is 11.8. The molecule has 6 nitrogen and oxygen atoms in total. The molecule has 1 aromatic heterocycles. The number of ether oxygens (including phenoxy) is 1. The van der Waals surface area contributed by atoms with Crippen LogP contribution in [0.25, 0.3) is 16.7 Å². The molecule has 0 atom stereocenters. The van der Waals surface area contributed by atoms with Crippen LogP contribution in [0.15, 0.2) is 53.7 Å². The number of aromatic nitrogens is 2. The van der Waals surface area contributed by atoms with Crippen LogP contribution in [0, 0.1) is 0 Å². The fourth-order valence-corrected chi connectivity index (χ4v) is 4.47. The first-order valence-corrected chi connectivity index (χ1v) is 10.8. The molecule has 0 saturated carbocycles. The molecule has 8 heteroatoms. The molecule has 0 aliphatic rings. The molecular formula is C18H21N3O3S2. The van der Waals surface area contributed by atoms with E-state index in [4.69, 9.17) is 9.72 Å². The van der Waals surface area contributed by atoms with E-state index >= 15 is 0 Å². The van der Waals surface area contributed by atoms with Crippen molar-refractivity contribution in [2.24, 2.45) is 0 Å². The Bertz CT molecular complexity index is 983. The van der Waals surface area contributed by atoms with Crippen LogP contribution in [0.2, 0.25) is 0 Å². The maximum atomic E-state index is 11.5. The number of thioether (sulfide) groups is 1. The largest absolute Gasteiger partial charge is 0.497 e. The van der Waals surface area contributed by atoms with Crippen LogP contribution in [-0.2, 0) is 10.0 Å². The van der Waals surface area contributed by atoms with Crippen molar-refractivity contribution in [3.63, 3.8) is 0 Å². The quantitative estimate of drug-likeness (QED) is 0.472. The standard InChI is InChI=1S/C18H21N3O3S2/c1-19-26(22,23)13-5-12-25-18-20-16-6-3-4-7-17(16)21(18)14-8-10-15(24-2)11-9-14/h3-4,6-11,19H,5,12-13H2,1-2H3. The molecule has 26 heavy (non-hydrogen) atoms. The predicted octanol–water partition coefficient (Wildman–Crippen LogP) is 3.07. The summed E-state index contributed by atoms with van der Waals surface area (Å²) in [5, 5.41) is 0.846. The Hall–Kier alpha value is -2.03. The van der Waals surface area contributed by atoms with Crippen LogP contribution in [0.3, 0.4) is 0 Å². The van der Waals surface area contributed by atoms with Gasteiger partial charge in [-0.05, 0) is 49.9 Å². The SMILES string of the molecule is CNS(=O)(=O)CCCSc1nc2ccccc2n1-c1ccc(OC)cc1. The topological polar surface area (TPSA) is 73.2 Å². The van der Waals surface area contributed by atoms with Gasteiger partial charge in [-0.2, -0.15) is 0 Å². The van der Waals surface area contributed by atoms with E-state index < -0.39 is 10.0 Å². The summed E-state index contributed by atoms with van der Waals surface area (Å²) in [7, 11) is -0.0959. The van der Waals surface area contributed by atoms with Crippen LogP contribution in [0.1, 0.15) is 6.42 Å². The zero-order chi connectivity index (χ0) is 18.6. The van der Waals surface area contributed by atoms with E-state index in [9.17, 15) is 8.42 Å². The van der Waals surface area contributed by atoms with Gasteiger partial charge in [0.15, 0.2) is 5.16 Å². The van der Waals surface area contributed by atoms with Crippen molar-refractivity contribution >= 4 is 32.8 Å². The smallest absolute Gasteiger partial charge is 0.211 e. The Kier molecular flexibility index (Phi) is 5.85. The van der Waals surface area contributed by atoms with Gasteiger partial charge in [0.25, 0.3) is 0 Å². The summed E-state index contributed by atoms with van der Waals surface area (Å²) in [5.74, 6) is 1.57. The molecule has 0 unspecified atom stereocenters. The number of nitrogens with one attached hydrogen (secondary N) is 1. The minimum Gasteiger partial charge on any atom is -0.497 e. The maximum absolute atomic E-state index is 11.5. The van der Waals surface area contributed by atoms with E-state index in [0.29, 0.717) is 12.2 Å². The van der Waals surface area contributed by atoms with Crippen molar-refractivity contribution in [3.8, 4) is 11.4 Å². The molecule has 0 aliphatic carbocycles. The highest BCUT2D eigenvalue weighted by Crippen LogP contribution is 2.29. The van der Waals surface area contributed by atoms with Gasteiger partial charge in [-0.25, -0.2) is 18.1 Å². The van der Waals surface area contributed by atoms with Gasteiger partial charge in [0.05, 0.1) is 23.9 Å². The second kappa shape index (κ2) is 8.11. The van der Waals surface area contributed by atoms with Crippen molar-refractivity contribution in [1.82, 2.24) is 14.3 Å². The van der Waals surface area contributed by atoms with Crippen LogP contribution >= 0.6 is 11.8 Å². The number of nitrogens with zero attached hydrogens (tertiary/aromatic N) is 2. The van der Waals surface area contributed by atoms with Crippen molar-refractivity contribution in [3.05, 3.63) is 48.5 Å². The summed E-state index contributed by atoms with van der Waals surface area (Å²) in [6.45, 7) is 0. The van der Waals surface area contributed by atoms with Crippen LogP contribution in [0.5, 0.6) is 5.75 Å². The molecule has 3 rings (SSSR count). The van der Waals surface area contributed by atoms with Crippen LogP contribution in [-0.4, -0.2) is 43.6 Å². The summed E-state index contributed by atoms with van der Waals surface area (Å²) < 4.78 is 32.8. The zero-order valence-corrected chi connectivity index (χ0v) is 16.3. The lowest BCUT2D eigenvalue weighted by Gasteiger charge is -2.10. The average Bonchev–Trinajstić information content (AvgIpc) is 3.03. The van der Waals surface area contributed by atoms with Crippen molar-refractivity contribution in [2.75, 3.05) is 25.7 Å². The Morgan fingerprint density at radius 3 is 2.58 bits per heavy atom. The predicted molar refractivity (Wildman–Crippen MR) is 106 cm³/mol. The molecule has 1 N–H and O–H groups in total. The number of hydrogen-bond acceptors (Lipinski definition) is 5. The third kappa shape index (κ3) is 4.20. The van der Waals surface area contributed by atoms with E-state index in [1.165, 1.54) is 7.05 Å². The molecule has 0 fully saturated rings. The molecular weight excluding hydrogens is 370 g/mol. The second-order valence-electron chi connectivity index (χ2n) is 5.64. The first kappa shape index (κ1) is 18.8. The highest BCUT2D eigenvalue weighted by Gasteiger charge is 2.13. The number of methoxy groups -OCH3 is 1. The minimum atomic E-state index is -3.17. The number of hydrogen-bond donors (Lipinski definition) is 1. The minimum absolute atomic E-state index is 0.110. The molecule has 0 spiro atoms. The van der Waals surface area contributed by atoms with Crippen molar-refractivity contribution in [1.29, 1.82) is 0 Å². The molecule has 138 valence electrons. The van der Waals surface area contributed by atoms with E-state index in [-0.39, 0.29) is 5.75 Å². The lowest BCUT2D eigenvalue weighted by Crippen LogP contribution is -2.22. The molecule has 1 heterocycles.